The predicted octanol–water partition coefficient (Wildman–Crippen LogP) is 3.82. The number of aromatic amines is 1. The maximum atomic E-state index is 13.2. The van der Waals surface area contributed by atoms with Gasteiger partial charge in [0.1, 0.15) is 5.82 Å². The lowest BCUT2D eigenvalue weighted by atomic mass is 9.91. The van der Waals surface area contributed by atoms with Crippen LogP contribution in [0.1, 0.15) is 34.2 Å². The second-order valence-electron chi connectivity index (χ2n) is 8.31. The molecule has 2 aliphatic heterocycles. The number of hydrogen-bond acceptors (Lipinski definition) is 7. The molecule has 178 valence electrons. The minimum atomic E-state index is -0.163. The van der Waals surface area contributed by atoms with Crippen LogP contribution >= 0.6 is 11.6 Å². The summed E-state index contributed by atoms with van der Waals surface area (Å²) in [7, 11) is 1.56. The van der Waals surface area contributed by atoms with Crippen molar-refractivity contribution in [3.63, 3.8) is 0 Å². The Morgan fingerprint density at radius 1 is 1.29 bits per heavy atom. The van der Waals surface area contributed by atoms with Crippen molar-refractivity contribution >= 4 is 28.9 Å². The molecule has 0 spiro atoms. The average molecular weight is 484 g/mol. The van der Waals surface area contributed by atoms with Crippen molar-refractivity contribution in [1.82, 2.24) is 20.3 Å². The number of carbonyl (C=O) groups excluding carboxylic acids is 1. The van der Waals surface area contributed by atoms with Crippen molar-refractivity contribution in [2.24, 2.45) is 0 Å². The van der Waals surface area contributed by atoms with E-state index in [0.717, 1.165) is 12.1 Å². The van der Waals surface area contributed by atoms with E-state index in [1.807, 2.05) is 25.1 Å². The SMILES string of the molecule is COc1c(Cl)cccc1Nc1c(-c2ccnc(C)n2)[nH]c2c1C(=O)NC[C@H]2C[C@@H]1COCCO1. The number of H-pyrrole nitrogens is 1. The molecule has 9 nitrogen and oxygen atoms in total. The van der Waals surface area contributed by atoms with Gasteiger partial charge >= 0.3 is 0 Å². The molecule has 0 bridgehead atoms. The first-order valence-electron chi connectivity index (χ1n) is 11.2. The Morgan fingerprint density at radius 3 is 2.94 bits per heavy atom. The number of aryl methyl sites for hydroxylation is 1. The molecule has 2 aromatic heterocycles. The van der Waals surface area contributed by atoms with E-state index >= 15 is 0 Å². The maximum Gasteiger partial charge on any atom is 0.255 e. The third-order valence-corrected chi connectivity index (χ3v) is 6.37. The first kappa shape index (κ1) is 22.6. The maximum absolute atomic E-state index is 13.2. The molecular weight excluding hydrogens is 458 g/mol. The number of ether oxygens (including phenoxy) is 3. The Hall–Kier alpha value is -3.14. The van der Waals surface area contributed by atoms with Crippen LogP contribution in [0.3, 0.4) is 0 Å². The van der Waals surface area contributed by atoms with Gasteiger partial charge in [-0.2, -0.15) is 0 Å². The van der Waals surface area contributed by atoms with Crippen LogP contribution in [0, 0.1) is 6.92 Å². The molecule has 2 aliphatic rings. The number of nitrogens with zero attached hydrogens (tertiary/aromatic N) is 2. The van der Waals surface area contributed by atoms with E-state index in [9.17, 15) is 4.79 Å². The van der Waals surface area contributed by atoms with Gasteiger partial charge in [-0.1, -0.05) is 17.7 Å². The highest BCUT2D eigenvalue weighted by Crippen LogP contribution is 2.43. The Labute approximate surface area is 202 Å². The van der Waals surface area contributed by atoms with Gasteiger partial charge in [0.15, 0.2) is 5.75 Å². The minimum absolute atomic E-state index is 0.0258. The zero-order chi connectivity index (χ0) is 23.7. The Balaban J connectivity index is 1.62. The smallest absolute Gasteiger partial charge is 0.255 e. The number of nitrogens with one attached hydrogen (secondary N) is 3. The molecule has 1 saturated heterocycles. The quantitative estimate of drug-likeness (QED) is 0.488. The Kier molecular flexibility index (Phi) is 6.40. The van der Waals surface area contributed by atoms with Crippen molar-refractivity contribution < 1.29 is 19.0 Å². The van der Waals surface area contributed by atoms with Crippen LogP contribution < -0.4 is 15.4 Å². The molecule has 5 rings (SSSR count). The molecule has 3 N–H and O–H groups in total. The zero-order valence-corrected chi connectivity index (χ0v) is 19.7. The van der Waals surface area contributed by atoms with Crippen molar-refractivity contribution in [3.8, 4) is 17.1 Å². The minimum Gasteiger partial charge on any atom is -0.493 e. The van der Waals surface area contributed by atoms with Crippen molar-refractivity contribution in [3.05, 3.63) is 52.6 Å². The molecule has 0 aliphatic carbocycles. The highest BCUT2D eigenvalue weighted by atomic mass is 35.5. The summed E-state index contributed by atoms with van der Waals surface area (Å²) in [5.41, 5.74) is 4.00. The van der Waals surface area contributed by atoms with Crippen molar-refractivity contribution in [1.29, 1.82) is 0 Å². The van der Waals surface area contributed by atoms with Crippen LogP contribution in [0.4, 0.5) is 11.4 Å². The highest BCUT2D eigenvalue weighted by molar-refractivity contribution is 6.32. The topological polar surface area (TPSA) is 110 Å². The van der Waals surface area contributed by atoms with E-state index in [1.165, 1.54) is 0 Å². The number of aromatic nitrogens is 3. The molecule has 2 atom stereocenters. The van der Waals surface area contributed by atoms with E-state index in [0.29, 0.717) is 71.3 Å². The second kappa shape index (κ2) is 9.61. The van der Waals surface area contributed by atoms with Crippen molar-refractivity contribution in [2.75, 3.05) is 38.8 Å². The third-order valence-electron chi connectivity index (χ3n) is 6.07. The lowest BCUT2D eigenvalue weighted by molar-refractivity contribution is -0.0928. The summed E-state index contributed by atoms with van der Waals surface area (Å²) < 4.78 is 17.0. The van der Waals surface area contributed by atoms with E-state index in [-0.39, 0.29) is 17.9 Å². The lowest BCUT2D eigenvalue weighted by Gasteiger charge is -2.29. The third kappa shape index (κ3) is 4.34. The summed E-state index contributed by atoms with van der Waals surface area (Å²) in [4.78, 5) is 25.5. The number of carbonyl (C=O) groups is 1. The highest BCUT2D eigenvalue weighted by Gasteiger charge is 2.35. The average Bonchev–Trinajstić information content (AvgIpc) is 3.22. The molecule has 34 heavy (non-hydrogen) atoms. The number of benzene rings is 1. The fourth-order valence-electron chi connectivity index (χ4n) is 4.52. The number of amides is 1. The second-order valence-corrected chi connectivity index (χ2v) is 8.72. The van der Waals surface area contributed by atoms with Gasteiger partial charge in [-0.15, -0.1) is 0 Å². The molecule has 4 heterocycles. The van der Waals surface area contributed by atoms with Gasteiger partial charge in [0.25, 0.3) is 5.91 Å². The molecule has 1 amide bonds. The van der Waals surface area contributed by atoms with Gasteiger partial charge in [-0.25, -0.2) is 9.97 Å². The Morgan fingerprint density at radius 2 is 2.18 bits per heavy atom. The summed E-state index contributed by atoms with van der Waals surface area (Å²) in [6, 6.07) is 7.24. The summed E-state index contributed by atoms with van der Waals surface area (Å²) in [5.74, 6) is 0.983. The Bertz CT molecular complexity index is 1210. The van der Waals surface area contributed by atoms with Crippen LogP contribution in [0.15, 0.2) is 30.5 Å². The van der Waals surface area contributed by atoms with Gasteiger partial charge in [0.05, 0.1) is 66.4 Å². The number of anilines is 2. The summed E-state index contributed by atoms with van der Waals surface area (Å²) in [6.07, 6.45) is 2.39. The van der Waals surface area contributed by atoms with Gasteiger partial charge in [0, 0.05) is 24.4 Å². The van der Waals surface area contributed by atoms with Gasteiger partial charge in [-0.3, -0.25) is 4.79 Å². The van der Waals surface area contributed by atoms with E-state index < -0.39 is 0 Å². The van der Waals surface area contributed by atoms with Crippen LogP contribution in [0.25, 0.3) is 11.4 Å². The van der Waals surface area contributed by atoms with E-state index in [4.69, 9.17) is 25.8 Å². The summed E-state index contributed by atoms with van der Waals surface area (Å²) in [5, 5.41) is 6.90. The predicted molar refractivity (Wildman–Crippen MR) is 128 cm³/mol. The molecule has 0 radical (unpaired) electrons. The molecule has 0 unspecified atom stereocenters. The number of rotatable bonds is 6. The number of methoxy groups -OCH3 is 1. The van der Waals surface area contributed by atoms with Gasteiger partial charge < -0.3 is 29.8 Å². The fraction of sp³-hybridized carbons (Fsp3) is 0.375. The fourth-order valence-corrected chi connectivity index (χ4v) is 4.77. The lowest BCUT2D eigenvalue weighted by Crippen LogP contribution is -2.38. The largest absolute Gasteiger partial charge is 0.493 e. The van der Waals surface area contributed by atoms with Crippen LogP contribution in [-0.4, -0.2) is 60.4 Å². The van der Waals surface area contributed by atoms with Gasteiger partial charge in [0.2, 0.25) is 0 Å². The first-order chi connectivity index (χ1) is 16.5. The molecular formula is C24H26ClN5O4. The number of hydrogen-bond donors (Lipinski definition) is 3. The summed E-state index contributed by atoms with van der Waals surface area (Å²) in [6.45, 7) is 4.07. The molecule has 10 heteroatoms. The summed E-state index contributed by atoms with van der Waals surface area (Å²) >= 11 is 6.35. The van der Waals surface area contributed by atoms with Crippen LogP contribution in [0.2, 0.25) is 5.02 Å². The van der Waals surface area contributed by atoms with Crippen LogP contribution in [-0.2, 0) is 9.47 Å². The van der Waals surface area contributed by atoms with E-state index in [1.54, 1.807) is 19.4 Å². The van der Waals surface area contributed by atoms with E-state index in [2.05, 4.69) is 25.6 Å². The molecule has 1 fully saturated rings. The van der Waals surface area contributed by atoms with Crippen LogP contribution in [0.5, 0.6) is 5.75 Å². The molecule has 3 aromatic rings. The standard InChI is InChI=1S/C24H26ClN5O4/c1-13-26-7-6-17(28-13)21-22(29-18-5-3-4-16(25)23(18)32-2)19-20(30-21)14(11-27-24(19)31)10-15-12-33-8-9-34-15/h3-7,14-15,29-30H,8-12H2,1-2H3,(H,27,31)/t14-,15-/m1/s1. The first-order valence-corrected chi connectivity index (χ1v) is 11.6. The molecule has 0 saturated carbocycles. The number of para-hydroxylation sites is 1. The van der Waals surface area contributed by atoms with Crippen molar-refractivity contribution in [2.45, 2.75) is 25.4 Å². The van der Waals surface area contributed by atoms with Gasteiger partial charge in [-0.05, 0) is 31.5 Å². The zero-order valence-electron chi connectivity index (χ0n) is 19.0. The molecule has 1 aromatic carbocycles. The number of fused-ring (bicyclic) bond motifs is 1. The normalized spacial score (nSPS) is 19.9. The number of halogens is 1. The monoisotopic (exact) mass is 483 g/mol.